The van der Waals surface area contributed by atoms with Crippen molar-refractivity contribution in [2.75, 3.05) is 18.9 Å². The molecule has 0 aromatic carbocycles. The van der Waals surface area contributed by atoms with Crippen LogP contribution in [0.2, 0.25) is 0 Å². The molecule has 1 heterocycles. The van der Waals surface area contributed by atoms with Crippen molar-refractivity contribution >= 4 is 11.7 Å². The van der Waals surface area contributed by atoms with Crippen LogP contribution in [0.15, 0.2) is 12.3 Å². The third kappa shape index (κ3) is 4.07. The molecule has 0 saturated heterocycles. The van der Waals surface area contributed by atoms with Gasteiger partial charge < -0.3 is 19.8 Å². The van der Waals surface area contributed by atoms with Gasteiger partial charge in [0.05, 0.1) is 18.4 Å². The number of aromatic nitrogens is 1. The van der Waals surface area contributed by atoms with Crippen LogP contribution in [0.5, 0.6) is 0 Å². The van der Waals surface area contributed by atoms with Crippen molar-refractivity contribution < 1.29 is 14.3 Å². The first-order valence-electron chi connectivity index (χ1n) is 6.18. The normalized spacial score (nSPS) is 11.2. The number of hydrogen-bond donors (Lipinski definition) is 1. The molecule has 0 radical (unpaired) electrons. The fourth-order valence-electron chi connectivity index (χ4n) is 1.58. The van der Waals surface area contributed by atoms with Crippen LogP contribution in [0.25, 0.3) is 0 Å². The van der Waals surface area contributed by atoms with Crippen LogP contribution < -0.4 is 5.73 Å². The summed E-state index contributed by atoms with van der Waals surface area (Å²) in [6.07, 6.45) is 1.88. The van der Waals surface area contributed by atoms with Crippen molar-refractivity contribution in [1.29, 1.82) is 0 Å². The van der Waals surface area contributed by atoms with E-state index in [1.807, 2.05) is 27.7 Å². The molecule has 1 aromatic heterocycles. The van der Waals surface area contributed by atoms with Crippen LogP contribution in [0.1, 0.15) is 44.2 Å². The Labute approximate surface area is 108 Å². The number of hydrogen-bond acceptors (Lipinski definition) is 4. The topological polar surface area (TPSA) is 66.5 Å². The molecule has 18 heavy (non-hydrogen) atoms. The minimum absolute atomic E-state index is 0.138. The lowest BCUT2D eigenvalue weighted by Gasteiger charge is -2.12. The quantitative estimate of drug-likeness (QED) is 0.624. The Morgan fingerprint density at radius 1 is 1.33 bits per heavy atom. The first-order valence-corrected chi connectivity index (χ1v) is 6.18. The summed E-state index contributed by atoms with van der Waals surface area (Å²) in [5.74, 6) is -0.368. The lowest BCUT2D eigenvalue weighted by Crippen LogP contribution is -2.17. The predicted octanol–water partition coefficient (Wildman–Crippen LogP) is 2.23. The summed E-state index contributed by atoms with van der Waals surface area (Å²) in [5.41, 5.74) is 6.74. The van der Waals surface area contributed by atoms with Crippen LogP contribution in [-0.4, -0.2) is 29.9 Å². The van der Waals surface area contributed by atoms with Gasteiger partial charge in [0, 0.05) is 12.2 Å². The number of rotatable bonds is 6. The van der Waals surface area contributed by atoms with Gasteiger partial charge in [-0.1, -0.05) is 0 Å². The maximum absolute atomic E-state index is 11.9. The average Bonchev–Trinajstić information content (AvgIpc) is 2.66. The van der Waals surface area contributed by atoms with E-state index >= 15 is 0 Å². The molecule has 0 aliphatic carbocycles. The van der Waals surface area contributed by atoms with Crippen molar-refractivity contribution in [2.24, 2.45) is 0 Å². The van der Waals surface area contributed by atoms with E-state index in [1.165, 1.54) is 0 Å². The van der Waals surface area contributed by atoms with Crippen molar-refractivity contribution in [3.05, 3.63) is 18.0 Å². The highest BCUT2D eigenvalue weighted by atomic mass is 16.6. The standard InChI is InChI=1S/C13H22N2O3/c1-9(2)15-8-11(14)7-12(15)13(16)18-6-5-17-10(3)4/h7-10H,5-6,14H2,1-4H3. The highest BCUT2D eigenvalue weighted by molar-refractivity contribution is 5.89. The number of nitrogens with zero attached hydrogens (tertiary/aromatic N) is 1. The van der Waals surface area contributed by atoms with E-state index in [0.717, 1.165) is 0 Å². The van der Waals surface area contributed by atoms with Gasteiger partial charge in [-0.3, -0.25) is 0 Å². The molecular formula is C13H22N2O3. The molecule has 0 amide bonds. The Balaban J connectivity index is 2.56. The molecule has 0 atom stereocenters. The second-order valence-electron chi connectivity index (χ2n) is 4.72. The van der Waals surface area contributed by atoms with Gasteiger partial charge in [0.2, 0.25) is 0 Å². The van der Waals surface area contributed by atoms with E-state index in [9.17, 15) is 4.79 Å². The van der Waals surface area contributed by atoms with Crippen molar-refractivity contribution in [3.8, 4) is 0 Å². The van der Waals surface area contributed by atoms with E-state index in [-0.39, 0.29) is 24.7 Å². The highest BCUT2D eigenvalue weighted by Gasteiger charge is 2.15. The summed E-state index contributed by atoms with van der Waals surface area (Å²) >= 11 is 0. The van der Waals surface area contributed by atoms with Crippen molar-refractivity contribution in [1.82, 2.24) is 4.57 Å². The van der Waals surface area contributed by atoms with Gasteiger partial charge in [-0.25, -0.2) is 4.79 Å². The molecule has 0 aliphatic heterocycles. The van der Waals surface area contributed by atoms with Crippen LogP contribution in [0.3, 0.4) is 0 Å². The largest absolute Gasteiger partial charge is 0.459 e. The molecule has 2 N–H and O–H groups in total. The molecule has 5 heteroatoms. The van der Waals surface area contributed by atoms with Gasteiger partial charge in [0.25, 0.3) is 0 Å². The van der Waals surface area contributed by atoms with Gasteiger partial charge in [-0.05, 0) is 33.8 Å². The van der Waals surface area contributed by atoms with Crippen LogP contribution in [0.4, 0.5) is 5.69 Å². The van der Waals surface area contributed by atoms with E-state index in [1.54, 1.807) is 16.8 Å². The molecular weight excluding hydrogens is 232 g/mol. The smallest absolute Gasteiger partial charge is 0.355 e. The zero-order valence-electron chi connectivity index (χ0n) is 11.5. The van der Waals surface area contributed by atoms with Gasteiger partial charge in [0.1, 0.15) is 12.3 Å². The number of nitrogens with two attached hydrogens (primary N) is 1. The molecule has 0 aliphatic rings. The van der Waals surface area contributed by atoms with Crippen molar-refractivity contribution in [2.45, 2.75) is 39.8 Å². The Kier molecular flexibility index (Phi) is 5.22. The van der Waals surface area contributed by atoms with Crippen molar-refractivity contribution in [3.63, 3.8) is 0 Å². The van der Waals surface area contributed by atoms with Crippen LogP contribution >= 0.6 is 0 Å². The highest BCUT2D eigenvalue weighted by Crippen LogP contribution is 2.17. The number of carbonyl (C=O) groups is 1. The van der Waals surface area contributed by atoms with E-state index in [2.05, 4.69) is 0 Å². The van der Waals surface area contributed by atoms with Gasteiger partial charge in [0.15, 0.2) is 0 Å². The Morgan fingerprint density at radius 3 is 2.56 bits per heavy atom. The van der Waals surface area contributed by atoms with E-state index < -0.39 is 0 Å². The summed E-state index contributed by atoms with van der Waals surface area (Å²) in [4.78, 5) is 11.9. The Bertz CT molecular complexity index is 397. The molecule has 0 bridgehead atoms. The molecule has 1 aromatic rings. The SMILES string of the molecule is CC(C)OCCOC(=O)c1cc(N)cn1C(C)C. The summed E-state index contributed by atoms with van der Waals surface area (Å²) in [6.45, 7) is 8.50. The average molecular weight is 254 g/mol. The molecule has 0 unspecified atom stereocenters. The first-order chi connectivity index (χ1) is 8.41. The number of anilines is 1. The molecule has 0 fully saturated rings. The summed E-state index contributed by atoms with van der Waals surface area (Å²) in [6, 6.07) is 1.79. The minimum atomic E-state index is -0.368. The molecule has 0 saturated carbocycles. The molecule has 1 rings (SSSR count). The van der Waals surface area contributed by atoms with Gasteiger partial charge in [-0.2, -0.15) is 0 Å². The predicted molar refractivity (Wildman–Crippen MR) is 70.6 cm³/mol. The maximum atomic E-state index is 11.9. The molecule has 0 spiro atoms. The lowest BCUT2D eigenvalue weighted by atomic mass is 10.3. The fourth-order valence-corrected chi connectivity index (χ4v) is 1.58. The van der Waals surface area contributed by atoms with Crippen LogP contribution in [-0.2, 0) is 9.47 Å². The zero-order chi connectivity index (χ0) is 13.7. The summed E-state index contributed by atoms with van der Waals surface area (Å²) in [7, 11) is 0. The van der Waals surface area contributed by atoms with E-state index in [4.69, 9.17) is 15.2 Å². The van der Waals surface area contributed by atoms with Crippen LogP contribution in [0, 0.1) is 0 Å². The summed E-state index contributed by atoms with van der Waals surface area (Å²) < 4.78 is 12.3. The van der Waals surface area contributed by atoms with Gasteiger partial charge in [-0.15, -0.1) is 0 Å². The fraction of sp³-hybridized carbons (Fsp3) is 0.615. The molecule has 102 valence electrons. The number of ether oxygens (including phenoxy) is 2. The number of nitrogen functional groups attached to an aromatic ring is 1. The van der Waals surface area contributed by atoms with E-state index in [0.29, 0.717) is 18.0 Å². The number of esters is 1. The monoisotopic (exact) mass is 254 g/mol. The maximum Gasteiger partial charge on any atom is 0.355 e. The zero-order valence-corrected chi connectivity index (χ0v) is 11.5. The Morgan fingerprint density at radius 2 is 2.00 bits per heavy atom. The number of carbonyl (C=O) groups excluding carboxylic acids is 1. The third-order valence-corrected chi connectivity index (χ3v) is 2.40. The Hall–Kier alpha value is -1.49. The molecule has 5 nitrogen and oxygen atoms in total. The minimum Gasteiger partial charge on any atom is -0.459 e. The lowest BCUT2D eigenvalue weighted by molar-refractivity contribution is 0.0168. The second kappa shape index (κ2) is 6.44. The summed E-state index contributed by atoms with van der Waals surface area (Å²) in [5, 5.41) is 0. The first kappa shape index (κ1) is 14.6. The van der Waals surface area contributed by atoms with Gasteiger partial charge >= 0.3 is 5.97 Å². The second-order valence-corrected chi connectivity index (χ2v) is 4.72. The third-order valence-electron chi connectivity index (χ3n) is 2.40.